The minimum absolute atomic E-state index is 0.0933. The molecule has 2 aromatic carbocycles. The Hall–Kier alpha value is -1.60. The molecule has 2 rings (SSSR count). The first-order valence-electron chi connectivity index (χ1n) is 5.84. The lowest BCUT2D eigenvalue weighted by Gasteiger charge is -2.12. The Bertz CT molecular complexity index is 755. The predicted octanol–water partition coefficient (Wildman–Crippen LogP) is 5.36. The highest BCUT2D eigenvalue weighted by Gasteiger charge is 2.11. The van der Waals surface area contributed by atoms with Gasteiger partial charge in [-0.25, -0.2) is 0 Å². The number of nitro benzene ring substituents is 1. The molecule has 0 atom stereocenters. The van der Waals surface area contributed by atoms with E-state index in [1.54, 1.807) is 18.2 Å². The molecule has 0 aliphatic heterocycles. The lowest BCUT2D eigenvalue weighted by Crippen LogP contribution is -2.19. The average molecular weight is 377 g/mol. The zero-order valence-corrected chi connectivity index (χ0v) is 13.9. The SMILES string of the molecule is O=[N+]([O-])c1ccc(Cl)c(NC(=S)Nc2ccc(Cl)c(Cl)c2)c1. The Morgan fingerprint density at radius 3 is 2.32 bits per heavy atom. The Morgan fingerprint density at radius 1 is 1.00 bits per heavy atom. The molecule has 22 heavy (non-hydrogen) atoms. The number of hydrogen-bond acceptors (Lipinski definition) is 3. The van der Waals surface area contributed by atoms with Crippen LogP contribution >= 0.6 is 47.0 Å². The van der Waals surface area contributed by atoms with Gasteiger partial charge in [0.2, 0.25) is 0 Å². The third-order valence-electron chi connectivity index (χ3n) is 2.59. The van der Waals surface area contributed by atoms with E-state index >= 15 is 0 Å². The van der Waals surface area contributed by atoms with Crippen molar-refractivity contribution < 1.29 is 4.92 Å². The second-order valence-corrected chi connectivity index (χ2v) is 5.76. The van der Waals surface area contributed by atoms with Crippen LogP contribution in [0.3, 0.4) is 0 Å². The number of halogens is 3. The van der Waals surface area contributed by atoms with E-state index in [-0.39, 0.29) is 10.8 Å². The van der Waals surface area contributed by atoms with Gasteiger partial charge in [-0.3, -0.25) is 10.1 Å². The molecule has 0 fully saturated rings. The molecule has 0 saturated heterocycles. The standard InChI is InChI=1S/C13H8Cl3N3O2S/c14-9-3-1-7(5-11(9)16)17-13(22)18-12-6-8(19(20)21)2-4-10(12)15/h1-6H,(H2,17,18,22). The van der Waals surface area contributed by atoms with Gasteiger partial charge < -0.3 is 10.6 Å². The minimum atomic E-state index is -0.517. The fourth-order valence-corrected chi connectivity index (χ4v) is 2.27. The second-order valence-electron chi connectivity index (χ2n) is 4.13. The molecule has 0 unspecified atom stereocenters. The average Bonchev–Trinajstić information content (AvgIpc) is 2.45. The van der Waals surface area contributed by atoms with E-state index < -0.39 is 4.92 Å². The molecule has 0 radical (unpaired) electrons. The van der Waals surface area contributed by atoms with Crippen LogP contribution in [0.2, 0.25) is 15.1 Å². The van der Waals surface area contributed by atoms with Crippen LogP contribution in [-0.4, -0.2) is 10.0 Å². The van der Waals surface area contributed by atoms with E-state index in [9.17, 15) is 10.1 Å². The molecule has 0 aromatic heterocycles. The van der Waals surface area contributed by atoms with E-state index in [1.165, 1.54) is 18.2 Å². The van der Waals surface area contributed by atoms with Crippen LogP contribution in [-0.2, 0) is 0 Å². The topological polar surface area (TPSA) is 67.2 Å². The fraction of sp³-hybridized carbons (Fsp3) is 0. The van der Waals surface area contributed by atoms with Crippen molar-refractivity contribution in [3.8, 4) is 0 Å². The molecule has 0 aliphatic rings. The molecule has 5 nitrogen and oxygen atoms in total. The fourth-order valence-electron chi connectivity index (χ4n) is 1.58. The van der Waals surface area contributed by atoms with Gasteiger partial charge in [0.1, 0.15) is 0 Å². The van der Waals surface area contributed by atoms with Gasteiger partial charge in [-0.1, -0.05) is 34.8 Å². The molecule has 0 bridgehead atoms. The van der Waals surface area contributed by atoms with Crippen molar-refractivity contribution in [3.05, 3.63) is 61.6 Å². The first-order valence-corrected chi connectivity index (χ1v) is 7.38. The minimum Gasteiger partial charge on any atom is -0.332 e. The number of nitrogens with zero attached hydrogens (tertiary/aromatic N) is 1. The summed E-state index contributed by atoms with van der Waals surface area (Å²) in [5.41, 5.74) is 0.853. The van der Waals surface area contributed by atoms with Crippen molar-refractivity contribution in [3.63, 3.8) is 0 Å². The molecule has 0 saturated carbocycles. The Balaban J connectivity index is 2.13. The number of nitrogens with one attached hydrogen (secondary N) is 2. The molecular weight excluding hydrogens is 369 g/mol. The number of rotatable bonds is 3. The smallest absolute Gasteiger partial charge is 0.271 e. The van der Waals surface area contributed by atoms with Crippen molar-refractivity contribution in [1.82, 2.24) is 0 Å². The summed E-state index contributed by atoms with van der Waals surface area (Å²) in [6.07, 6.45) is 0. The third kappa shape index (κ3) is 4.20. The summed E-state index contributed by atoms with van der Waals surface area (Å²) in [6, 6.07) is 8.94. The summed E-state index contributed by atoms with van der Waals surface area (Å²) < 4.78 is 0. The van der Waals surface area contributed by atoms with Crippen molar-refractivity contribution in [1.29, 1.82) is 0 Å². The van der Waals surface area contributed by atoms with Gasteiger partial charge in [-0.05, 0) is 36.5 Å². The van der Waals surface area contributed by atoms with E-state index in [0.29, 0.717) is 26.4 Å². The molecular formula is C13H8Cl3N3O2S. The van der Waals surface area contributed by atoms with E-state index in [2.05, 4.69) is 10.6 Å². The number of thiocarbonyl (C=S) groups is 1. The molecule has 2 N–H and O–H groups in total. The van der Waals surface area contributed by atoms with Gasteiger partial charge in [0.25, 0.3) is 5.69 Å². The van der Waals surface area contributed by atoms with Crippen LogP contribution < -0.4 is 10.6 Å². The van der Waals surface area contributed by atoms with Crippen LogP contribution in [0.5, 0.6) is 0 Å². The molecule has 114 valence electrons. The van der Waals surface area contributed by atoms with E-state index in [4.69, 9.17) is 47.0 Å². The van der Waals surface area contributed by atoms with Crippen molar-refractivity contribution >= 4 is 69.2 Å². The van der Waals surface area contributed by atoms with Gasteiger partial charge in [-0.2, -0.15) is 0 Å². The highest BCUT2D eigenvalue weighted by atomic mass is 35.5. The summed E-state index contributed by atoms with van der Waals surface area (Å²) in [6.45, 7) is 0. The molecule has 0 amide bonds. The Kier molecular flexibility index (Phi) is 5.42. The summed E-state index contributed by atoms with van der Waals surface area (Å²) >= 11 is 22.9. The summed E-state index contributed by atoms with van der Waals surface area (Å²) in [7, 11) is 0. The van der Waals surface area contributed by atoms with Crippen LogP contribution in [0.15, 0.2) is 36.4 Å². The van der Waals surface area contributed by atoms with Gasteiger partial charge in [0, 0.05) is 17.8 Å². The summed E-state index contributed by atoms with van der Waals surface area (Å²) in [4.78, 5) is 10.3. The first kappa shape index (κ1) is 16.8. The third-order valence-corrected chi connectivity index (χ3v) is 3.86. The number of benzene rings is 2. The van der Waals surface area contributed by atoms with Crippen LogP contribution in [0, 0.1) is 10.1 Å². The van der Waals surface area contributed by atoms with E-state index in [0.717, 1.165) is 0 Å². The van der Waals surface area contributed by atoms with E-state index in [1.807, 2.05) is 0 Å². The first-order chi connectivity index (χ1) is 10.4. The van der Waals surface area contributed by atoms with Gasteiger partial charge in [0.15, 0.2) is 5.11 Å². The molecule has 9 heteroatoms. The summed E-state index contributed by atoms with van der Waals surface area (Å²) in [5.74, 6) is 0. The Morgan fingerprint density at radius 2 is 1.68 bits per heavy atom. The molecule has 0 spiro atoms. The van der Waals surface area contributed by atoms with Gasteiger partial charge >= 0.3 is 0 Å². The zero-order valence-electron chi connectivity index (χ0n) is 10.8. The van der Waals surface area contributed by atoms with Crippen LogP contribution in [0.25, 0.3) is 0 Å². The second kappa shape index (κ2) is 7.11. The molecule has 0 aliphatic carbocycles. The monoisotopic (exact) mass is 375 g/mol. The lowest BCUT2D eigenvalue weighted by molar-refractivity contribution is -0.384. The highest BCUT2D eigenvalue weighted by molar-refractivity contribution is 7.80. The molecule has 2 aromatic rings. The Labute approximate surface area is 146 Å². The summed E-state index contributed by atoms with van der Waals surface area (Å²) in [5, 5.41) is 17.8. The van der Waals surface area contributed by atoms with Crippen molar-refractivity contribution in [2.24, 2.45) is 0 Å². The normalized spacial score (nSPS) is 10.1. The maximum atomic E-state index is 10.8. The van der Waals surface area contributed by atoms with Crippen LogP contribution in [0.4, 0.5) is 17.1 Å². The number of hydrogen-bond donors (Lipinski definition) is 2. The maximum absolute atomic E-state index is 10.8. The predicted molar refractivity (Wildman–Crippen MR) is 94.4 cm³/mol. The molecule has 0 heterocycles. The number of non-ortho nitro benzene ring substituents is 1. The van der Waals surface area contributed by atoms with Crippen LogP contribution in [0.1, 0.15) is 0 Å². The maximum Gasteiger partial charge on any atom is 0.271 e. The van der Waals surface area contributed by atoms with Gasteiger partial charge in [-0.15, -0.1) is 0 Å². The largest absolute Gasteiger partial charge is 0.332 e. The number of anilines is 2. The number of nitro groups is 1. The van der Waals surface area contributed by atoms with Crippen molar-refractivity contribution in [2.75, 3.05) is 10.6 Å². The van der Waals surface area contributed by atoms with Crippen molar-refractivity contribution in [2.45, 2.75) is 0 Å². The van der Waals surface area contributed by atoms with Gasteiger partial charge in [0.05, 0.1) is 25.7 Å². The lowest BCUT2D eigenvalue weighted by atomic mass is 10.3. The highest BCUT2D eigenvalue weighted by Crippen LogP contribution is 2.28. The zero-order chi connectivity index (χ0) is 16.3. The quantitative estimate of drug-likeness (QED) is 0.428.